The second-order valence-corrected chi connectivity index (χ2v) is 3.45. The van der Waals surface area contributed by atoms with Gasteiger partial charge in [0.1, 0.15) is 0 Å². The Morgan fingerprint density at radius 3 is 2.27 bits per heavy atom. The van der Waals surface area contributed by atoms with Crippen LogP contribution in [0.2, 0.25) is 0 Å². The van der Waals surface area contributed by atoms with E-state index in [-0.39, 0.29) is 0 Å². The van der Waals surface area contributed by atoms with Gasteiger partial charge in [-0.2, -0.15) is 0 Å². The minimum Gasteiger partial charge on any atom is -0.328 e. The second kappa shape index (κ2) is 4.07. The maximum atomic E-state index is 5.85. The third-order valence-corrected chi connectivity index (χ3v) is 2.77. The Morgan fingerprint density at radius 1 is 1.27 bits per heavy atom. The molecule has 0 radical (unpaired) electrons. The van der Waals surface area contributed by atoms with E-state index >= 15 is 0 Å². The smallest absolute Gasteiger partial charge is 0.0110 e. The highest BCUT2D eigenvalue weighted by Gasteiger charge is 2.24. The van der Waals surface area contributed by atoms with Crippen LogP contribution < -0.4 is 5.73 Å². The largest absolute Gasteiger partial charge is 0.328 e. The summed E-state index contributed by atoms with van der Waals surface area (Å²) in [6.45, 7) is 6.81. The Labute approximate surface area is 69.8 Å². The van der Waals surface area contributed by atoms with Gasteiger partial charge in [0.05, 0.1) is 0 Å². The summed E-state index contributed by atoms with van der Waals surface area (Å²) in [7, 11) is 0. The van der Waals surface area contributed by atoms with Gasteiger partial charge >= 0.3 is 0 Å². The lowest BCUT2D eigenvalue weighted by Gasteiger charge is -2.25. The SMILES string of the molecule is CCN(CC)[C@H]1CC[C@H](N)C1. The molecule has 0 bridgehead atoms. The van der Waals surface area contributed by atoms with E-state index in [2.05, 4.69) is 18.7 Å². The molecule has 0 aliphatic heterocycles. The normalized spacial score (nSPS) is 31.6. The molecule has 0 aromatic heterocycles. The lowest BCUT2D eigenvalue weighted by atomic mass is 10.2. The van der Waals surface area contributed by atoms with Crippen LogP contribution in [0.25, 0.3) is 0 Å². The number of hydrogen-bond donors (Lipinski definition) is 1. The standard InChI is InChI=1S/C9H20N2/c1-3-11(4-2)9-6-5-8(10)7-9/h8-9H,3-7,10H2,1-2H3/t8-,9-/m0/s1. The van der Waals surface area contributed by atoms with Crippen LogP contribution >= 0.6 is 0 Å². The Balaban J connectivity index is 2.34. The molecule has 0 heterocycles. The van der Waals surface area contributed by atoms with Gasteiger partial charge in [-0.15, -0.1) is 0 Å². The molecule has 0 amide bonds. The first kappa shape index (κ1) is 9.01. The van der Waals surface area contributed by atoms with E-state index in [9.17, 15) is 0 Å². The molecular formula is C9H20N2. The third-order valence-electron chi connectivity index (χ3n) is 2.77. The first-order valence-electron chi connectivity index (χ1n) is 4.77. The van der Waals surface area contributed by atoms with Crippen molar-refractivity contribution in [3.8, 4) is 0 Å². The number of nitrogens with two attached hydrogens (primary N) is 1. The molecule has 1 saturated carbocycles. The fourth-order valence-electron chi connectivity index (χ4n) is 2.06. The van der Waals surface area contributed by atoms with Crippen molar-refractivity contribution in [1.29, 1.82) is 0 Å². The summed E-state index contributed by atoms with van der Waals surface area (Å²) in [4.78, 5) is 2.52. The predicted octanol–water partition coefficient (Wildman–Crippen LogP) is 1.21. The van der Waals surface area contributed by atoms with Crippen LogP contribution in [0.1, 0.15) is 33.1 Å². The molecule has 66 valence electrons. The Morgan fingerprint density at radius 2 is 1.91 bits per heavy atom. The zero-order valence-electron chi connectivity index (χ0n) is 7.71. The van der Waals surface area contributed by atoms with E-state index in [1.807, 2.05) is 0 Å². The van der Waals surface area contributed by atoms with Crippen molar-refractivity contribution in [2.45, 2.75) is 45.2 Å². The Hall–Kier alpha value is -0.0800. The van der Waals surface area contributed by atoms with Crippen molar-refractivity contribution in [2.75, 3.05) is 13.1 Å². The van der Waals surface area contributed by atoms with Crippen LogP contribution in [0.3, 0.4) is 0 Å². The zero-order chi connectivity index (χ0) is 8.27. The van der Waals surface area contributed by atoms with E-state index in [4.69, 9.17) is 5.73 Å². The molecule has 0 aromatic carbocycles. The van der Waals surface area contributed by atoms with E-state index in [0.29, 0.717) is 6.04 Å². The molecule has 2 atom stereocenters. The minimum absolute atomic E-state index is 0.473. The summed E-state index contributed by atoms with van der Waals surface area (Å²) in [5, 5.41) is 0. The highest BCUT2D eigenvalue weighted by Crippen LogP contribution is 2.22. The number of hydrogen-bond acceptors (Lipinski definition) is 2. The fraction of sp³-hybridized carbons (Fsp3) is 1.00. The van der Waals surface area contributed by atoms with E-state index in [1.165, 1.54) is 32.4 Å². The zero-order valence-corrected chi connectivity index (χ0v) is 7.71. The second-order valence-electron chi connectivity index (χ2n) is 3.45. The average Bonchev–Trinajstić information content (AvgIpc) is 2.39. The van der Waals surface area contributed by atoms with Crippen molar-refractivity contribution in [3.63, 3.8) is 0 Å². The van der Waals surface area contributed by atoms with Crippen molar-refractivity contribution >= 4 is 0 Å². The number of rotatable bonds is 3. The topological polar surface area (TPSA) is 29.3 Å². The van der Waals surface area contributed by atoms with Crippen LogP contribution in [0.15, 0.2) is 0 Å². The molecule has 11 heavy (non-hydrogen) atoms. The molecule has 1 rings (SSSR count). The molecule has 0 unspecified atom stereocenters. The highest BCUT2D eigenvalue weighted by atomic mass is 15.1. The molecule has 1 aliphatic rings. The maximum Gasteiger partial charge on any atom is 0.0110 e. The van der Waals surface area contributed by atoms with Gasteiger partial charge in [-0.3, -0.25) is 0 Å². The van der Waals surface area contributed by atoms with Gasteiger partial charge in [-0.1, -0.05) is 13.8 Å². The number of nitrogens with zero attached hydrogens (tertiary/aromatic N) is 1. The lowest BCUT2D eigenvalue weighted by molar-refractivity contribution is 0.219. The van der Waals surface area contributed by atoms with Crippen LogP contribution in [0.4, 0.5) is 0 Å². The van der Waals surface area contributed by atoms with Crippen LogP contribution in [-0.2, 0) is 0 Å². The van der Waals surface area contributed by atoms with Gasteiger partial charge in [0.25, 0.3) is 0 Å². The molecule has 0 spiro atoms. The lowest BCUT2D eigenvalue weighted by Crippen LogP contribution is -2.34. The van der Waals surface area contributed by atoms with Gasteiger partial charge in [0, 0.05) is 12.1 Å². The van der Waals surface area contributed by atoms with Crippen molar-refractivity contribution in [3.05, 3.63) is 0 Å². The summed E-state index contributed by atoms with van der Waals surface area (Å²) in [6, 6.07) is 1.25. The van der Waals surface area contributed by atoms with Crippen molar-refractivity contribution in [2.24, 2.45) is 5.73 Å². The molecule has 0 saturated heterocycles. The highest BCUT2D eigenvalue weighted by molar-refractivity contribution is 4.83. The van der Waals surface area contributed by atoms with Crippen LogP contribution in [-0.4, -0.2) is 30.1 Å². The first-order chi connectivity index (χ1) is 5.27. The van der Waals surface area contributed by atoms with Crippen LogP contribution in [0.5, 0.6) is 0 Å². The molecule has 1 fully saturated rings. The van der Waals surface area contributed by atoms with Gasteiger partial charge in [0.15, 0.2) is 0 Å². The van der Waals surface area contributed by atoms with E-state index in [0.717, 1.165) is 6.04 Å². The maximum absolute atomic E-state index is 5.85. The average molecular weight is 156 g/mol. The molecular weight excluding hydrogens is 136 g/mol. The van der Waals surface area contributed by atoms with Gasteiger partial charge in [0.2, 0.25) is 0 Å². The molecule has 2 nitrogen and oxygen atoms in total. The molecule has 1 aliphatic carbocycles. The van der Waals surface area contributed by atoms with Crippen molar-refractivity contribution in [1.82, 2.24) is 4.90 Å². The molecule has 2 heteroatoms. The first-order valence-corrected chi connectivity index (χ1v) is 4.77. The minimum atomic E-state index is 0.473. The fourth-order valence-corrected chi connectivity index (χ4v) is 2.06. The van der Waals surface area contributed by atoms with E-state index < -0.39 is 0 Å². The van der Waals surface area contributed by atoms with Gasteiger partial charge in [-0.05, 0) is 32.4 Å². The Kier molecular flexibility index (Phi) is 3.34. The van der Waals surface area contributed by atoms with Crippen LogP contribution in [0, 0.1) is 0 Å². The summed E-state index contributed by atoms with van der Waals surface area (Å²) in [5.41, 5.74) is 5.85. The van der Waals surface area contributed by atoms with Crippen molar-refractivity contribution < 1.29 is 0 Å². The summed E-state index contributed by atoms with van der Waals surface area (Å²) < 4.78 is 0. The predicted molar refractivity (Wildman–Crippen MR) is 48.5 cm³/mol. The van der Waals surface area contributed by atoms with Gasteiger partial charge < -0.3 is 10.6 Å². The third kappa shape index (κ3) is 2.17. The molecule has 0 aromatic rings. The molecule has 2 N–H and O–H groups in total. The quantitative estimate of drug-likeness (QED) is 0.665. The van der Waals surface area contributed by atoms with E-state index in [1.54, 1.807) is 0 Å². The Bertz CT molecular complexity index is 110. The summed E-state index contributed by atoms with van der Waals surface area (Å²) in [6.07, 6.45) is 3.74. The summed E-state index contributed by atoms with van der Waals surface area (Å²) >= 11 is 0. The summed E-state index contributed by atoms with van der Waals surface area (Å²) in [5.74, 6) is 0. The van der Waals surface area contributed by atoms with Gasteiger partial charge in [-0.25, -0.2) is 0 Å². The monoisotopic (exact) mass is 156 g/mol.